The summed E-state index contributed by atoms with van der Waals surface area (Å²) in [5, 5.41) is 16.5. The summed E-state index contributed by atoms with van der Waals surface area (Å²) in [6.07, 6.45) is 9.74. The molecule has 11 heteroatoms. The molecule has 1 aliphatic carbocycles. The van der Waals surface area contributed by atoms with Gasteiger partial charge >= 0.3 is 12.1 Å². The lowest BCUT2D eigenvalue weighted by Crippen LogP contribution is -2.49. The fraction of sp³-hybridized carbons (Fsp3) is 0.531. The fourth-order valence-corrected chi connectivity index (χ4v) is 5.44. The van der Waals surface area contributed by atoms with E-state index in [1.807, 2.05) is 42.5 Å². The molecule has 1 aliphatic heterocycles. The molecule has 0 radical (unpaired) electrons. The van der Waals surface area contributed by atoms with E-state index in [9.17, 15) is 24.3 Å². The van der Waals surface area contributed by atoms with E-state index < -0.39 is 29.2 Å². The van der Waals surface area contributed by atoms with Crippen LogP contribution in [0.3, 0.4) is 0 Å². The highest BCUT2D eigenvalue weighted by Crippen LogP contribution is 2.44. The van der Waals surface area contributed by atoms with Crippen LogP contribution in [0.15, 0.2) is 48.7 Å². The first-order chi connectivity index (χ1) is 20.5. The number of fused-ring (bicyclic) bond motifs is 1. The molecule has 4 atom stereocenters. The summed E-state index contributed by atoms with van der Waals surface area (Å²) >= 11 is 0. The molecule has 0 bridgehead atoms. The Kier molecular flexibility index (Phi) is 10.3. The molecule has 43 heavy (non-hydrogen) atoms. The van der Waals surface area contributed by atoms with E-state index in [2.05, 4.69) is 15.6 Å². The Labute approximate surface area is 252 Å². The minimum atomic E-state index is -1.18. The van der Waals surface area contributed by atoms with Crippen molar-refractivity contribution in [3.8, 4) is 5.88 Å². The zero-order chi connectivity index (χ0) is 31.0. The van der Waals surface area contributed by atoms with Gasteiger partial charge in [-0.25, -0.2) is 14.6 Å². The number of carboxylic acid groups (broad SMARTS) is 1. The van der Waals surface area contributed by atoms with Crippen molar-refractivity contribution in [1.82, 2.24) is 20.5 Å². The van der Waals surface area contributed by atoms with Crippen molar-refractivity contribution in [2.75, 3.05) is 13.1 Å². The Balaban J connectivity index is 1.28. The molecule has 1 saturated heterocycles. The molecule has 1 saturated carbocycles. The number of nitrogens with one attached hydrogen (secondary N) is 2. The largest absolute Gasteiger partial charge is 0.479 e. The minimum Gasteiger partial charge on any atom is -0.479 e. The Morgan fingerprint density at radius 2 is 1.98 bits per heavy atom. The summed E-state index contributed by atoms with van der Waals surface area (Å²) in [6, 6.07) is 9.07. The van der Waals surface area contributed by atoms with E-state index in [0.717, 1.165) is 30.0 Å². The maximum absolute atomic E-state index is 13.6. The van der Waals surface area contributed by atoms with Crippen molar-refractivity contribution in [3.63, 3.8) is 0 Å². The van der Waals surface area contributed by atoms with Crippen molar-refractivity contribution in [3.05, 3.63) is 48.7 Å². The molecular weight excluding hydrogens is 552 g/mol. The maximum Gasteiger partial charge on any atom is 0.408 e. The monoisotopic (exact) mass is 594 g/mol. The molecule has 2 fully saturated rings. The van der Waals surface area contributed by atoms with Gasteiger partial charge in [0.2, 0.25) is 18.2 Å². The number of benzene rings is 1. The molecular formula is C32H42N4O7. The number of nitrogens with zero attached hydrogens (tertiary/aromatic N) is 2. The van der Waals surface area contributed by atoms with Gasteiger partial charge in [-0.15, -0.1) is 0 Å². The number of pyridine rings is 1. The predicted octanol–water partition coefficient (Wildman–Crippen LogP) is 4.20. The van der Waals surface area contributed by atoms with Gasteiger partial charge in [0.25, 0.3) is 0 Å². The molecule has 2 aromatic rings. The van der Waals surface area contributed by atoms with Crippen LogP contribution in [0.4, 0.5) is 4.79 Å². The van der Waals surface area contributed by atoms with Crippen LogP contribution >= 0.6 is 0 Å². The highest BCUT2D eigenvalue weighted by atomic mass is 16.6. The van der Waals surface area contributed by atoms with Crippen molar-refractivity contribution in [2.24, 2.45) is 5.92 Å². The lowest BCUT2D eigenvalue weighted by Gasteiger charge is -2.26. The number of likely N-dealkylation sites (tertiary alicyclic amines) is 1. The molecule has 1 aromatic heterocycles. The lowest BCUT2D eigenvalue weighted by atomic mass is 10.1. The number of hydrogen-bond donors (Lipinski definition) is 3. The van der Waals surface area contributed by atoms with Gasteiger partial charge in [0.05, 0.1) is 6.54 Å². The molecule has 2 aliphatic rings. The van der Waals surface area contributed by atoms with Gasteiger partial charge in [-0.2, -0.15) is 0 Å². The molecule has 3 N–H and O–H groups in total. The van der Waals surface area contributed by atoms with Gasteiger partial charge in [-0.05, 0) is 64.0 Å². The number of allylic oxidation sites excluding steroid dienone is 1. The second-order valence-corrected chi connectivity index (χ2v) is 12.3. The number of rotatable bonds is 14. The topological polar surface area (TPSA) is 147 Å². The molecule has 2 heterocycles. The average molecular weight is 595 g/mol. The van der Waals surface area contributed by atoms with E-state index in [4.69, 9.17) is 9.47 Å². The first-order valence-corrected chi connectivity index (χ1v) is 14.9. The number of unbranched alkanes of at least 4 members (excludes halogenated alkanes) is 3. The summed E-state index contributed by atoms with van der Waals surface area (Å²) in [7, 11) is 0. The van der Waals surface area contributed by atoms with Crippen molar-refractivity contribution in [2.45, 2.75) is 89.0 Å². The highest BCUT2D eigenvalue weighted by molar-refractivity contribution is 5.87. The van der Waals surface area contributed by atoms with E-state index in [1.54, 1.807) is 31.9 Å². The molecule has 1 aromatic carbocycles. The summed E-state index contributed by atoms with van der Waals surface area (Å²) in [5.41, 5.74) is -1.87. The first kappa shape index (κ1) is 31.8. The van der Waals surface area contributed by atoms with Gasteiger partial charge < -0.3 is 30.1 Å². The molecule has 11 nitrogen and oxygen atoms in total. The number of hydrogen-bond acceptors (Lipinski definition) is 7. The third-order valence-corrected chi connectivity index (χ3v) is 7.81. The highest BCUT2D eigenvalue weighted by Gasteiger charge is 2.59. The summed E-state index contributed by atoms with van der Waals surface area (Å²) in [6.45, 7) is 6.25. The molecule has 0 unspecified atom stereocenters. The SMILES string of the molecule is CC(C)(C)OC(=O)N[C@@H](CCCCC/C=C\[C@@H]1C[C@]1(NC=O)C(=O)O)C(=O)N1CC[C@@H](Oc2nccc3ccccc23)C1. The van der Waals surface area contributed by atoms with E-state index in [-0.39, 0.29) is 17.9 Å². The molecule has 4 rings (SSSR count). The van der Waals surface area contributed by atoms with E-state index in [0.29, 0.717) is 51.1 Å². The van der Waals surface area contributed by atoms with Crippen LogP contribution in [-0.2, 0) is 19.1 Å². The van der Waals surface area contributed by atoms with Crippen LogP contribution in [0.1, 0.15) is 65.7 Å². The second kappa shape index (κ2) is 13.9. The molecule has 3 amide bonds. The first-order valence-electron chi connectivity index (χ1n) is 14.9. The Morgan fingerprint density at radius 3 is 2.72 bits per heavy atom. The van der Waals surface area contributed by atoms with Gasteiger partial charge in [-0.3, -0.25) is 9.59 Å². The number of aromatic nitrogens is 1. The number of amides is 3. The van der Waals surface area contributed by atoms with Crippen LogP contribution < -0.4 is 15.4 Å². The van der Waals surface area contributed by atoms with Crippen molar-refractivity contribution >= 4 is 35.2 Å². The van der Waals surface area contributed by atoms with Gasteiger partial charge in [0.15, 0.2) is 0 Å². The zero-order valence-corrected chi connectivity index (χ0v) is 25.1. The molecule has 0 spiro atoms. The van der Waals surface area contributed by atoms with Gasteiger partial charge in [-0.1, -0.05) is 43.2 Å². The third-order valence-electron chi connectivity index (χ3n) is 7.81. The van der Waals surface area contributed by atoms with Crippen molar-refractivity contribution in [1.29, 1.82) is 0 Å². The number of alkyl carbamates (subject to hydrolysis) is 1. The van der Waals surface area contributed by atoms with Gasteiger partial charge in [0.1, 0.15) is 23.3 Å². The Bertz CT molecular complexity index is 1340. The maximum atomic E-state index is 13.6. The van der Waals surface area contributed by atoms with Gasteiger partial charge in [0, 0.05) is 30.5 Å². The van der Waals surface area contributed by atoms with Crippen LogP contribution in [0.5, 0.6) is 5.88 Å². The summed E-state index contributed by atoms with van der Waals surface area (Å²) in [5.74, 6) is -0.849. The van der Waals surface area contributed by atoms with Crippen molar-refractivity contribution < 1.29 is 33.8 Å². The van der Waals surface area contributed by atoms with Crippen LogP contribution in [-0.4, -0.2) is 75.7 Å². The number of aliphatic carboxylic acids is 1. The number of carbonyl (C=O) groups excluding carboxylic acids is 3. The van der Waals surface area contributed by atoms with Crippen LogP contribution in [0.2, 0.25) is 0 Å². The Hall–Kier alpha value is -4.15. The van der Waals surface area contributed by atoms with E-state index in [1.165, 1.54) is 0 Å². The quantitative estimate of drug-likeness (QED) is 0.168. The standard InChI is InChI=1S/C32H42N4O7/c1-31(2,3)43-30(41)35-26(14-8-6-4-5-7-12-23-19-32(23,29(39)40)34-21-37)28(38)36-18-16-24(20-36)42-27-25-13-10-9-11-22(25)15-17-33-27/h7,9-13,15,17,21,23-24,26H,4-6,8,14,16,18-20H2,1-3H3,(H,34,37)(H,35,41)(H,39,40)/b12-7-/t23-,24-,26+,32-/m1/s1. The van der Waals surface area contributed by atoms with Crippen LogP contribution in [0, 0.1) is 5.92 Å². The number of carboxylic acids is 1. The third kappa shape index (κ3) is 8.46. The second-order valence-electron chi connectivity index (χ2n) is 12.3. The van der Waals surface area contributed by atoms with Crippen LogP contribution in [0.25, 0.3) is 10.8 Å². The molecule has 232 valence electrons. The predicted molar refractivity (Wildman–Crippen MR) is 160 cm³/mol. The Morgan fingerprint density at radius 1 is 1.19 bits per heavy atom. The number of carbonyl (C=O) groups is 4. The number of ether oxygens (including phenoxy) is 2. The zero-order valence-electron chi connectivity index (χ0n) is 25.1. The summed E-state index contributed by atoms with van der Waals surface area (Å²) < 4.78 is 11.6. The van der Waals surface area contributed by atoms with E-state index >= 15 is 0 Å². The smallest absolute Gasteiger partial charge is 0.408 e. The fourth-order valence-electron chi connectivity index (χ4n) is 5.44. The minimum absolute atomic E-state index is 0.163. The lowest BCUT2D eigenvalue weighted by molar-refractivity contribution is -0.142. The summed E-state index contributed by atoms with van der Waals surface area (Å²) in [4.78, 5) is 54.5. The normalized spacial score (nSPS) is 22.3. The average Bonchev–Trinajstić information content (AvgIpc) is 3.46.